The molecule has 0 saturated carbocycles. The SMILES string of the molecule is CCNc1nc(-c2ccc(C)cc2)nc2ccc(Cl)cc12. The van der Waals surface area contributed by atoms with Gasteiger partial charge in [0.25, 0.3) is 0 Å². The zero-order valence-electron chi connectivity index (χ0n) is 12.0. The Balaban J connectivity index is 2.20. The number of fused-ring (bicyclic) bond motifs is 1. The minimum absolute atomic E-state index is 0.688. The summed E-state index contributed by atoms with van der Waals surface area (Å²) >= 11 is 6.08. The molecule has 0 saturated heterocycles. The van der Waals surface area contributed by atoms with Crippen LogP contribution in [0.15, 0.2) is 42.5 Å². The molecular formula is C17H16ClN3. The van der Waals surface area contributed by atoms with E-state index in [1.54, 1.807) is 0 Å². The second-order valence-electron chi connectivity index (χ2n) is 4.95. The van der Waals surface area contributed by atoms with Crippen molar-refractivity contribution in [3.63, 3.8) is 0 Å². The van der Waals surface area contributed by atoms with Crippen LogP contribution in [-0.4, -0.2) is 16.5 Å². The summed E-state index contributed by atoms with van der Waals surface area (Å²) in [5.41, 5.74) is 3.12. The molecule has 3 rings (SSSR count). The van der Waals surface area contributed by atoms with Crippen molar-refractivity contribution >= 4 is 28.3 Å². The normalized spacial score (nSPS) is 10.8. The molecule has 2 aromatic carbocycles. The van der Waals surface area contributed by atoms with E-state index in [9.17, 15) is 0 Å². The third-order valence-electron chi connectivity index (χ3n) is 3.31. The highest BCUT2D eigenvalue weighted by atomic mass is 35.5. The van der Waals surface area contributed by atoms with Crippen LogP contribution in [0.3, 0.4) is 0 Å². The van der Waals surface area contributed by atoms with Gasteiger partial charge in [-0.25, -0.2) is 9.97 Å². The predicted octanol–water partition coefficient (Wildman–Crippen LogP) is 4.69. The van der Waals surface area contributed by atoms with E-state index in [0.717, 1.165) is 34.7 Å². The average molecular weight is 298 g/mol. The summed E-state index contributed by atoms with van der Waals surface area (Å²) in [4.78, 5) is 9.30. The molecule has 0 atom stereocenters. The Morgan fingerprint density at radius 3 is 2.52 bits per heavy atom. The first-order valence-electron chi connectivity index (χ1n) is 6.95. The van der Waals surface area contributed by atoms with Crippen molar-refractivity contribution in [3.8, 4) is 11.4 Å². The lowest BCUT2D eigenvalue weighted by Gasteiger charge is -2.10. The number of aromatic nitrogens is 2. The fourth-order valence-electron chi connectivity index (χ4n) is 2.23. The maximum Gasteiger partial charge on any atom is 0.162 e. The topological polar surface area (TPSA) is 37.8 Å². The van der Waals surface area contributed by atoms with Crippen molar-refractivity contribution in [3.05, 3.63) is 53.1 Å². The summed E-state index contributed by atoms with van der Waals surface area (Å²) in [5, 5.41) is 4.92. The minimum atomic E-state index is 0.688. The average Bonchev–Trinajstić information content (AvgIpc) is 2.48. The maximum absolute atomic E-state index is 6.08. The molecule has 0 aliphatic carbocycles. The summed E-state index contributed by atoms with van der Waals surface area (Å²) in [5.74, 6) is 1.54. The quantitative estimate of drug-likeness (QED) is 0.762. The van der Waals surface area contributed by atoms with Crippen molar-refractivity contribution in [2.75, 3.05) is 11.9 Å². The maximum atomic E-state index is 6.08. The fraction of sp³-hybridized carbons (Fsp3) is 0.176. The summed E-state index contributed by atoms with van der Waals surface area (Å²) in [6.45, 7) is 4.91. The Morgan fingerprint density at radius 2 is 1.81 bits per heavy atom. The summed E-state index contributed by atoms with van der Waals surface area (Å²) in [6.07, 6.45) is 0. The Labute approximate surface area is 129 Å². The number of nitrogens with zero attached hydrogens (tertiary/aromatic N) is 2. The van der Waals surface area contributed by atoms with Crippen molar-refractivity contribution in [1.82, 2.24) is 9.97 Å². The van der Waals surface area contributed by atoms with Gasteiger partial charge in [-0.15, -0.1) is 0 Å². The second kappa shape index (κ2) is 5.70. The Bertz CT molecular complexity index is 782. The van der Waals surface area contributed by atoms with E-state index in [1.165, 1.54) is 5.56 Å². The van der Waals surface area contributed by atoms with Gasteiger partial charge in [0, 0.05) is 22.5 Å². The molecule has 1 heterocycles. The standard InChI is InChI=1S/C17H16ClN3/c1-3-19-17-14-10-13(18)8-9-15(14)20-16(21-17)12-6-4-11(2)5-7-12/h4-10H,3H2,1-2H3,(H,19,20,21). The highest BCUT2D eigenvalue weighted by Crippen LogP contribution is 2.27. The number of halogens is 1. The Hall–Kier alpha value is -2.13. The van der Waals surface area contributed by atoms with E-state index < -0.39 is 0 Å². The number of hydrogen-bond acceptors (Lipinski definition) is 3. The molecule has 4 heteroatoms. The van der Waals surface area contributed by atoms with Crippen LogP contribution in [0.2, 0.25) is 5.02 Å². The summed E-state index contributed by atoms with van der Waals surface area (Å²) in [6, 6.07) is 13.9. The zero-order valence-corrected chi connectivity index (χ0v) is 12.8. The lowest BCUT2D eigenvalue weighted by atomic mass is 10.1. The van der Waals surface area contributed by atoms with Gasteiger partial charge >= 0.3 is 0 Å². The number of nitrogens with one attached hydrogen (secondary N) is 1. The van der Waals surface area contributed by atoms with Crippen molar-refractivity contribution in [1.29, 1.82) is 0 Å². The first-order chi connectivity index (χ1) is 10.2. The number of hydrogen-bond donors (Lipinski definition) is 1. The van der Waals surface area contributed by atoms with Gasteiger partial charge in [0.1, 0.15) is 5.82 Å². The highest BCUT2D eigenvalue weighted by Gasteiger charge is 2.09. The minimum Gasteiger partial charge on any atom is -0.370 e. The molecular weight excluding hydrogens is 282 g/mol. The lowest BCUT2D eigenvalue weighted by molar-refractivity contribution is 1.14. The molecule has 1 N–H and O–H groups in total. The van der Waals surface area contributed by atoms with Crippen LogP contribution in [0.1, 0.15) is 12.5 Å². The first kappa shape index (κ1) is 13.8. The number of rotatable bonds is 3. The molecule has 0 aliphatic rings. The van der Waals surface area contributed by atoms with E-state index in [-0.39, 0.29) is 0 Å². The molecule has 0 amide bonds. The summed E-state index contributed by atoms with van der Waals surface area (Å²) in [7, 11) is 0. The van der Waals surface area contributed by atoms with E-state index in [1.807, 2.05) is 37.3 Å². The lowest BCUT2D eigenvalue weighted by Crippen LogP contribution is -2.03. The van der Waals surface area contributed by atoms with Crippen LogP contribution in [0.4, 0.5) is 5.82 Å². The fourth-order valence-corrected chi connectivity index (χ4v) is 2.41. The van der Waals surface area contributed by atoms with Gasteiger partial charge in [-0.1, -0.05) is 41.4 Å². The molecule has 0 aliphatic heterocycles. The van der Waals surface area contributed by atoms with Crippen molar-refractivity contribution in [2.24, 2.45) is 0 Å². The molecule has 0 unspecified atom stereocenters. The van der Waals surface area contributed by atoms with Crippen LogP contribution in [0.5, 0.6) is 0 Å². The molecule has 1 aromatic heterocycles. The molecule has 106 valence electrons. The van der Waals surface area contributed by atoms with Crippen LogP contribution in [0, 0.1) is 6.92 Å². The molecule has 0 bridgehead atoms. The number of aryl methyl sites for hydroxylation is 1. The Morgan fingerprint density at radius 1 is 1.05 bits per heavy atom. The van der Waals surface area contributed by atoms with Gasteiger partial charge in [-0.3, -0.25) is 0 Å². The van der Waals surface area contributed by atoms with Gasteiger partial charge < -0.3 is 5.32 Å². The number of anilines is 1. The summed E-state index contributed by atoms with van der Waals surface area (Å²) < 4.78 is 0. The third-order valence-corrected chi connectivity index (χ3v) is 3.55. The highest BCUT2D eigenvalue weighted by molar-refractivity contribution is 6.31. The molecule has 0 spiro atoms. The van der Waals surface area contributed by atoms with Gasteiger partial charge in [0.05, 0.1) is 5.52 Å². The van der Waals surface area contributed by atoms with E-state index >= 15 is 0 Å². The molecule has 3 nitrogen and oxygen atoms in total. The van der Waals surface area contributed by atoms with Crippen LogP contribution in [0.25, 0.3) is 22.3 Å². The van der Waals surface area contributed by atoms with Crippen LogP contribution < -0.4 is 5.32 Å². The van der Waals surface area contributed by atoms with Crippen LogP contribution >= 0.6 is 11.6 Å². The first-order valence-corrected chi connectivity index (χ1v) is 7.33. The molecule has 0 fully saturated rings. The zero-order chi connectivity index (χ0) is 14.8. The van der Waals surface area contributed by atoms with Gasteiger partial charge in [-0.05, 0) is 32.0 Å². The van der Waals surface area contributed by atoms with E-state index in [2.05, 4.69) is 34.3 Å². The Kier molecular flexibility index (Phi) is 3.76. The van der Waals surface area contributed by atoms with E-state index in [4.69, 9.17) is 11.6 Å². The smallest absolute Gasteiger partial charge is 0.162 e. The molecule has 0 radical (unpaired) electrons. The molecule has 3 aromatic rings. The third kappa shape index (κ3) is 2.83. The van der Waals surface area contributed by atoms with Gasteiger partial charge in [-0.2, -0.15) is 0 Å². The number of benzene rings is 2. The predicted molar refractivity (Wildman–Crippen MR) is 88.9 cm³/mol. The van der Waals surface area contributed by atoms with Gasteiger partial charge in [0.2, 0.25) is 0 Å². The largest absolute Gasteiger partial charge is 0.370 e. The molecule has 21 heavy (non-hydrogen) atoms. The van der Waals surface area contributed by atoms with Crippen molar-refractivity contribution in [2.45, 2.75) is 13.8 Å². The van der Waals surface area contributed by atoms with E-state index in [0.29, 0.717) is 5.02 Å². The second-order valence-corrected chi connectivity index (χ2v) is 5.39. The monoisotopic (exact) mass is 297 g/mol. The van der Waals surface area contributed by atoms with Crippen LogP contribution in [-0.2, 0) is 0 Å². The van der Waals surface area contributed by atoms with Crippen molar-refractivity contribution < 1.29 is 0 Å². The van der Waals surface area contributed by atoms with Gasteiger partial charge in [0.15, 0.2) is 5.82 Å².